The lowest BCUT2D eigenvalue weighted by atomic mass is 10.2. The quantitative estimate of drug-likeness (QED) is 0.419. The van der Waals surface area contributed by atoms with Crippen molar-refractivity contribution in [1.82, 2.24) is 9.78 Å². The number of aromatic nitrogens is 2. The monoisotopic (exact) mass is 320 g/mol. The molecule has 8 heteroatoms. The minimum atomic E-state index is -2.81. The minimum absolute atomic E-state index is 0.0937. The van der Waals surface area contributed by atoms with Gasteiger partial charge in [0.05, 0.1) is 12.8 Å². The van der Waals surface area contributed by atoms with E-state index < -0.39 is 26.2 Å². The third-order valence-electron chi connectivity index (χ3n) is 2.79. The van der Waals surface area contributed by atoms with Crippen molar-refractivity contribution in [2.45, 2.75) is 45.8 Å². The van der Waals surface area contributed by atoms with Crippen molar-refractivity contribution >= 4 is 14.0 Å². The molecule has 1 rings (SSSR count). The highest BCUT2D eigenvalue weighted by Gasteiger charge is 2.25. The Labute approximate surface area is 124 Å². The Morgan fingerprint density at radius 3 is 2.62 bits per heavy atom. The first-order valence-corrected chi connectivity index (χ1v) is 10.6. The first-order chi connectivity index (χ1) is 9.76. The van der Waals surface area contributed by atoms with E-state index in [1.54, 1.807) is 6.92 Å². The van der Waals surface area contributed by atoms with Gasteiger partial charge in [0.15, 0.2) is 0 Å². The van der Waals surface area contributed by atoms with Crippen LogP contribution in [-0.4, -0.2) is 37.0 Å². The van der Waals surface area contributed by atoms with Crippen molar-refractivity contribution < 1.29 is 23.0 Å². The summed E-state index contributed by atoms with van der Waals surface area (Å²) in [6.07, 6.45) is -1.71. The fourth-order valence-corrected chi connectivity index (χ4v) is 2.38. The standard InChI is InChI=1S/C13H22F2N2O3Si/c1-5-20-13(18)10-8-16-17(11(10)12(14)15)9-19-6-7-21(2,3)4/h8,12H,5-7,9H2,1-4H3. The van der Waals surface area contributed by atoms with Gasteiger partial charge in [-0.3, -0.25) is 0 Å². The highest BCUT2D eigenvalue weighted by molar-refractivity contribution is 6.76. The molecule has 0 unspecified atom stereocenters. The second kappa shape index (κ2) is 7.65. The molecule has 0 spiro atoms. The Balaban J connectivity index is 2.72. The van der Waals surface area contributed by atoms with E-state index in [1.807, 2.05) is 0 Å². The number of alkyl halides is 2. The lowest BCUT2D eigenvalue weighted by Crippen LogP contribution is -2.22. The number of halogens is 2. The average molecular weight is 320 g/mol. The number of nitrogens with zero attached hydrogens (tertiary/aromatic N) is 2. The van der Waals surface area contributed by atoms with Crippen LogP contribution >= 0.6 is 0 Å². The van der Waals surface area contributed by atoms with Gasteiger partial charge in [-0.05, 0) is 13.0 Å². The van der Waals surface area contributed by atoms with E-state index in [9.17, 15) is 13.6 Å². The van der Waals surface area contributed by atoms with Crippen LogP contribution in [-0.2, 0) is 16.2 Å². The number of hydrogen-bond donors (Lipinski definition) is 0. The molecule has 5 nitrogen and oxygen atoms in total. The van der Waals surface area contributed by atoms with Gasteiger partial charge in [0.25, 0.3) is 6.43 Å². The van der Waals surface area contributed by atoms with E-state index in [0.29, 0.717) is 6.61 Å². The number of ether oxygens (including phenoxy) is 2. The van der Waals surface area contributed by atoms with Gasteiger partial charge in [0.2, 0.25) is 0 Å². The molecule has 0 aromatic carbocycles. The molecule has 0 saturated heterocycles. The van der Waals surface area contributed by atoms with E-state index in [1.165, 1.54) is 0 Å². The highest BCUT2D eigenvalue weighted by Crippen LogP contribution is 2.23. The molecule has 0 aliphatic rings. The molecular weight excluding hydrogens is 298 g/mol. The summed E-state index contributed by atoms with van der Waals surface area (Å²) in [5.74, 6) is -0.791. The van der Waals surface area contributed by atoms with E-state index in [0.717, 1.165) is 16.9 Å². The summed E-state index contributed by atoms with van der Waals surface area (Å²) in [6, 6.07) is 0.934. The average Bonchev–Trinajstić information content (AvgIpc) is 2.77. The second-order valence-corrected chi connectivity index (χ2v) is 11.4. The molecule has 1 heterocycles. The molecule has 1 aromatic rings. The van der Waals surface area contributed by atoms with Crippen LogP contribution in [0, 0.1) is 0 Å². The predicted molar refractivity (Wildman–Crippen MR) is 77.2 cm³/mol. The summed E-state index contributed by atoms with van der Waals surface area (Å²) < 4.78 is 37.4. The smallest absolute Gasteiger partial charge is 0.341 e. The largest absolute Gasteiger partial charge is 0.462 e. The lowest BCUT2D eigenvalue weighted by Gasteiger charge is -2.16. The molecule has 120 valence electrons. The molecule has 1 aromatic heterocycles. The van der Waals surface area contributed by atoms with Gasteiger partial charge in [0.1, 0.15) is 18.0 Å². The topological polar surface area (TPSA) is 53.3 Å². The van der Waals surface area contributed by atoms with Crippen LogP contribution in [0.4, 0.5) is 8.78 Å². The van der Waals surface area contributed by atoms with Crippen LogP contribution in [0.1, 0.15) is 29.4 Å². The van der Waals surface area contributed by atoms with Crippen LogP contribution in [0.25, 0.3) is 0 Å². The molecule has 0 radical (unpaired) electrons. The summed E-state index contributed by atoms with van der Waals surface area (Å²) in [5, 5.41) is 3.80. The van der Waals surface area contributed by atoms with E-state index in [2.05, 4.69) is 24.7 Å². The van der Waals surface area contributed by atoms with Crippen LogP contribution < -0.4 is 0 Å². The fourth-order valence-electron chi connectivity index (χ4n) is 1.62. The maximum Gasteiger partial charge on any atom is 0.341 e. The zero-order chi connectivity index (χ0) is 16.0. The normalized spacial score (nSPS) is 12.0. The van der Waals surface area contributed by atoms with Gasteiger partial charge in [-0.25, -0.2) is 18.3 Å². The number of carbonyl (C=O) groups excluding carboxylic acids is 1. The van der Waals surface area contributed by atoms with Gasteiger partial charge in [-0.2, -0.15) is 5.10 Å². The van der Waals surface area contributed by atoms with Gasteiger partial charge in [0, 0.05) is 14.7 Å². The molecule has 0 saturated carbocycles. The Bertz CT molecular complexity index is 472. The van der Waals surface area contributed by atoms with Crippen molar-refractivity contribution in [3.8, 4) is 0 Å². The predicted octanol–water partition coefficient (Wildman–Crippen LogP) is 3.31. The number of rotatable bonds is 8. The summed E-state index contributed by atoms with van der Waals surface area (Å²) >= 11 is 0. The first kappa shape index (κ1) is 17.8. The molecular formula is C13H22F2N2O3Si. The maximum atomic E-state index is 13.1. The Hall–Kier alpha value is -1.28. The van der Waals surface area contributed by atoms with Crippen molar-refractivity contribution in [2.75, 3.05) is 13.2 Å². The van der Waals surface area contributed by atoms with E-state index in [4.69, 9.17) is 9.47 Å². The SMILES string of the molecule is CCOC(=O)c1cnn(COCC[Si](C)(C)C)c1C(F)F. The van der Waals surface area contributed by atoms with Crippen molar-refractivity contribution in [2.24, 2.45) is 0 Å². The molecule has 0 atom stereocenters. The zero-order valence-corrected chi connectivity index (χ0v) is 13.9. The van der Waals surface area contributed by atoms with Gasteiger partial charge in [-0.15, -0.1) is 0 Å². The Morgan fingerprint density at radius 1 is 1.43 bits per heavy atom. The summed E-state index contributed by atoms with van der Waals surface area (Å²) in [7, 11) is -1.23. The Morgan fingerprint density at radius 2 is 2.10 bits per heavy atom. The van der Waals surface area contributed by atoms with Crippen molar-refractivity contribution in [3.05, 3.63) is 17.5 Å². The number of esters is 1. The van der Waals surface area contributed by atoms with Crippen molar-refractivity contribution in [3.63, 3.8) is 0 Å². The molecule has 0 aliphatic heterocycles. The van der Waals surface area contributed by atoms with Crippen LogP contribution in [0.5, 0.6) is 0 Å². The van der Waals surface area contributed by atoms with Crippen molar-refractivity contribution in [1.29, 1.82) is 0 Å². The summed E-state index contributed by atoms with van der Waals surface area (Å²) in [6.45, 7) is 8.75. The minimum Gasteiger partial charge on any atom is -0.462 e. The maximum absolute atomic E-state index is 13.1. The Kier molecular flexibility index (Phi) is 6.47. The van der Waals surface area contributed by atoms with Gasteiger partial charge < -0.3 is 9.47 Å². The van der Waals surface area contributed by atoms with Crippen LogP contribution in [0.3, 0.4) is 0 Å². The number of carbonyl (C=O) groups is 1. The molecule has 0 fully saturated rings. The van der Waals surface area contributed by atoms with Crippen LogP contribution in [0.2, 0.25) is 25.7 Å². The summed E-state index contributed by atoms with van der Waals surface area (Å²) in [5.41, 5.74) is -0.665. The zero-order valence-electron chi connectivity index (χ0n) is 12.9. The third-order valence-corrected chi connectivity index (χ3v) is 4.50. The fraction of sp³-hybridized carbons (Fsp3) is 0.692. The van der Waals surface area contributed by atoms with Crippen LogP contribution in [0.15, 0.2) is 6.20 Å². The lowest BCUT2D eigenvalue weighted by molar-refractivity contribution is 0.0492. The number of hydrogen-bond acceptors (Lipinski definition) is 4. The van der Waals surface area contributed by atoms with Gasteiger partial charge >= 0.3 is 5.97 Å². The molecule has 0 amide bonds. The second-order valence-electron chi connectivity index (χ2n) is 5.81. The highest BCUT2D eigenvalue weighted by atomic mass is 28.3. The molecule has 0 aliphatic carbocycles. The molecule has 21 heavy (non-hydrogen) atoms. The molecule has 0 N–H and O–H groups in total. The van der Waals surface area contributed by atoms with E-state index in [-0.39, 0.29) is 18.9 Å². The van der Waals surface area contributed by atoms with E-state index >= 15 is 0 Å². The van der Waals surface area contributed by atoms with Gasteiger partial charge in [-0.1, -0.05) is 19.6 Å². The first-order valence-electron chi connectivity index (χ1n) is 6.85. The summed E-state index contributed by atoms with van der Waals surface area (Å²) in [4.78, 5) is 11.6. The molecule has 0 bridgehead atoms. The third kappa shape index (κ3) is 5.54.